The van der Waals surface area contributed by atoms with E-state index in [4.69, 9.17) is 4.42 Å². The van der Waals surface area contributed by atoms with Crippen molar-refractivity contribution in [1.82, 2.24) is 9.97 Å². The van der Waals surface area contributed by atoms with Crippen molar-refractivity contribution < 1.29 is 4.42 Å². The highest BCUT2D eigenvalue weighted by Crippen LogP contribution is 2.20. The number of aromatic nitrogens is 2. The monoisotopic (exact) mass is 239 g/mol. The van der Waals surface area contributed by atoms with E-state index >= 15 is 0 Å². The molecule has 0 radical (unpaired) electrons. The molecule has 3 rings (SSSR count). The van der Waals surface area contributed by atoms with Crippen LogP contribution in [0.15, 0.2) is 53.2 Å². The summed E-state index contributed by atoms with van der Waals surface area (Å²) in [5, 5.41) is 1.12. The van der Waals surface area contributed by atoms with Gasteiger partial charge in [-0.15, -0.1) is 0 Å². The van der Waals surface area contributed by atoms with E-state index in [2.05, 4.69) is 16.0 Å². The second kappa shape index (κ2) is 4.49. The van der Waals surface area contributed by atoms with E-state index in [0.29, 0.717) is 12.5 Å². The van der Waals surface area contributed by atoms with Crippen molar-refractivity contribution >= 4 is 16.9 Å². The van der Waals surface area contributed by atoms with Gasteiger partial charge in [0.1, 0.15) is 11.3 Å². The molecular weight excluding hydrogens is 226 g/mol. The molecular formula is C14H13N3O. The van der Waals surface area contributed by atoms with Crippen LogP contribution in [0.5, 0.6) is 0 Å². The van der Waals surface area contributed by atoms with Gasteiger partial charge in [0.05, 0.1) is 6.54 Å². The number of hydrogen-bond acceptors (Lipinski definition) is 4. The molecule has 0 fully saturated rings. The molecule has 0 saturated heterocycles. The Kier molecular flexibility index (Phi) is 2.68. The molecule has 1 aromatic carbocycles. The van der Waals surface area contributed by atoms with Crippen molar-refractivity contribution in [2.75, 3.05) is 11.9 Å². The highest BCUT2D eigenvalue weighted by Gasteiger charge is 2.08. The summed E-state index contributed by atoms with van der Waals surface area (Å²) in [5.74, 6) is 1.60. The number of para-hydroxylation sites is 1. The van der Waals surface area contributed by atoms with Crippen LogP contribution in [0.25, 0.3) is 11.0 Å². The molecule has 0 bridgehead atoms. The Morgan fingerprint density at radius 2 is 1.89 bits per heavy atom. The summed E-state index contributed by atoms with van der Waals surface area (Å²) in [7, 11) is 1.95. The lowest BCUT2D eigenvalue weighted by atomic mass is 10.2. The molecule has 4 nitrogen and oxygen atoms in total. The molecule has 3 aromatic rings. The van der Waals surface area contributed by atoms with E-state index in [-0.39, 0.29) is 0 Å². The Balaban J connectivity index is 1.84. The number of nitrogens with zero attached hydrogens (tertiary/aromatic N) is 3. The molecule has 0 N–H and O–H groups in total. The van der Waals surface area contributed by atoms with Crippen LogP contribution >= 0.6 is 0 Å². The molecule has 0 amide bonds. The lowest BCUT2D eigenvalue weighted by molar-refractivity contribution is 0.544. The standard InChI is InChI=1S/C14H13N3O/c1-17(14-15-7-4-8-16-14)10-12-9-11-5-2-3-6-13(11)18-12/h2-9H,10H2,1H3. The van der Waals surface area contributed by atoms with Gasteiger partial charge < -0.3 is 9.32 Å². The van der Waals surface area contributed by atoms with E-state index in [0.717, 1.165) is 16.7 Å². The summed E-state index contributed by atoms with van der Waals surface area (Å²) in [6, 6.07) is 11.8. The summed E-state index contributed by atoms with van der Waals surface area (Å²) in [5.41, 5.74) is 0.912. The molecule has 0 spiro atoms. The Bertz CT molecular complexity index is 615. The minimum atomic E-state index is 0.651. The third-order valence-electron chi connectivity index (χ3n) is 2.76. The fourth-order valence-electron chi connectivity index (χ4n) is 1.91. The zero-order valence-corrected chi connectivity index (χ0v) is 10.1. The van der Waals surface area contributed by atoms with Crippen molar-refractivity contribution in [3.63, 3.8) is 0 Å². The van der Waals surface area contributed by atoms with Gasteiger partial charge in [0.2, 0.25) is 5.95 Å². The predicted molar refractivity (Wildman–Crippen MR) is 70.4 cm³/mol. The fraction of sp³-hybridized carbons (Fsp3) is 0.143. The van der Waals surface area contributed by atoms with Gasteiger partial charge >= 0.3 is 0 Å². The Morgan fingerprint density at radius 1 is 1.11 bits per heavy atom. The maximum atomic E-state index is 5.76. The molecule has 4 heteroatoms. The normalized spacial score (nSPS) is 10.7. The topological polar surface area (TPSA) is 42.2 Å². The Hall–Kier alpha value is -2.36. The molecule has 90 valence electrons. The van der Waals surface area contributed by atoms with Gasteiger partial charge in [-0.1, -0.05) is 18.2 Å². The van der Waals surface area contributed by atoms with Gasteiger partial charge in [0.25, 0.3) is 0 Å². The number of fused-ring (bicyclic) bond motifs is 1. The number of furan rings is 1. The molecule has 2 heterocycles. The Labute approximate surface area is 105 Å². The predicted octanol–water partition coefficient (Wildman–Crippen LogP) is 2.86. The average molecular weight is 239 g/mol. The van der Waals surface area contributed by atoms with Gasteiger partial charge in [0.15, 0.2) is 0 Å². The number of anilines is 1. The molecule has 0 unspecified atom stereocenters. The van der Waals surface area contributed by atoms with Crippen LogP contribution in [0.4, 0.5) is 5.95 Å². The van der Waals surface area contributed by atoms with E-state index < -0.39 is 0 Å². The van der Waals surface area contributed by atoms with Crippen LogP contribution in [0.3, 0.4) is 0 Å². The SMILES string of the molecule is CN(Cc1cc2ccccc2o1)c1ncccn1. The quantitative estimate of drug-likeness (QED) is 0.704. The lowest BCUT2D eigenvalue weighted by Gasteiger charge is -2.14. The second-order valence-electron chi connectivity index (χ2n) is 4.16. The molecule has 18 heavy (non-hydrogen) atoms. The smallest absolute Gasteiger partial charge is 0.225 e. The first-order valence-electron chi connectivity index (χ1n) is 5.78. The van der Waals surface area contributed by atoms with Crippen LogP contribution in [0, 0.1) is 0 Å². The van der Waals surface area contributed by atoms with Crippen molar-refractivity contribution in [2.24, 2.45) is 0 Å². The lowest BCUT2D eigenvalue weighted by Crippen LogP contribution is -2.18. The number of rotatable bonds is 3. The van der Waals surface area contributed by atoms with Crippen molar-refractivity contribution in [3.8, 4) is 0 Å². The third kappa shape index (κ3) is 2.05. The minimum absolute atomic E-state index is 0.651. The summed E-state index contributed by atoms with van der Waals surface area (Å²) < 4.78 is 5.76. The third-order valence-corrected chi connectivity index (χ3v) is 2.76. The van der Waals surface area contributed by atoms with Gasteiger partial charge in [-0.25, -0.2) is 9.97 Å². The molecule has 0 aliphatic heterocycles. The second-order valence-corrected chi connectivity index (χ2v) is 4.16. The summed E-state index contributed by atoms with van der Waals surface area (Å²) >= 11 is 0. The molecule has 0 aliphatic carbocycles. The van der Waals surface area contributed by atoms with Gasteiger partial charge in [-0.2, -0.15) is 0 Å². The molecule has 0 atom stereocenters. The van der Waals surface area contributed by atoms with Crippen LogP contribution in [-0.4, -0.2) is 17.0 Å². The van der Waals surface area contributed by atoms with Crippen LogP contribution in [-0.2, 0) is 6.54 Å². The zero-order chi connectivity index (χ0) is 12.4. The maximum absolute atomic E-state index is 5.76. The van der Waals surface area contributed by atoms with E-state index in [1.54, 1.807) is 18.5 Å². The summed E-state index contributed by atoms with van der Waals surface area (Å²) in [6.45, 7) is 0.651. The first-order chi connectivity index (χ1) is 8.83. The van der Waals surface area contributed by atoms with Gasteiger partial charge in [-0.05, 0) is 18.2 Å². The Morgan fingerprint density at radius 3 is 2.67 bits per heavy atom. The minimum Gasteiger partial charge on any atom is -0.459 e. The first-order valence-corrected chi connectivity index (χ1v) is 5.78. The summed E-state index contributed by atoms with van der Waals surface area (Å²) in [6.07, 6.45) is 3.47. The molecule has 2 aromatic heterocycles. The first kappa shape index (κ1) is 10.8. The number of hydrogen-bond donors (Lipinski definition) is 0. The van der Waals surface area contributed by atoms with Crippen molar-refractivity contribution in [3.05, 3.63) is 54.6 Å². The highest BCUT2D eigenvalue weighted by atomic mass is 16.3. The van der Waals surface area contributed by atoms with E-state index in [9.17, 15) is 0 Å². The van der Waals surface area contributed by atoms with Crippen molar-refractivity contribution in [1.29, 1.82) is 0 Å². The van der Waals surface area contributed by atoms with Crippen LogP contribution in [0.2, 0.25) is 0 Å². The maximum Gasteiger partial charge on any atom is 0.225 e. The highest BCUT2D eigenvalue weighted by molar-refractivity contribution is 5.77. The van der Waals surface area contributed by atoms with E-state index in [1.807, 2.05) is 36.2 Å². The van der Waals surface area contributed by atoms with Crippen molar-refractivity contribution in [2.45, 2.75) is 6.54 Å². The zero-order valence-electron chi connectivity index (χ0n) is 10.1. The molecule has 0 saturated carbocycles. The van der Waals surface area contributed by atoms with E-state index in [1.165, 1.54) is 0 Å². The van der Waals surface area contributed by atoms with Gasteiger partial charge in [-0.3, -0.25) is 0 Å². The largest absolute Gasteiger partial charge is 0.459 e. The average Bonchev–Trinajstić information content (AvgIpc) is 2.82. The van der Waals surface area contributed by atoms with Gasteiger partial charge in [0, 0.05) is 24.8 Å². The van der Waals surface area contributed by atoms with Crippen LogP contribution in [0.1, 0.15) is 5.76 Å². The number of benzene rings is 1. The summed E-state index contributed by atoms with van der Waals surface area (Å²) in [4.78, 5) is 10.4. The fourth-order valence-corrected chi connectivity index (χ4v) is 1.91. The molecule has 0 aliphatic rings. The van der Waals surface area contributed by atoms with Crippen LogP contribution < -0.4 is 4.90 Å².